The lowest BCUT2D eigenvalue weighted by Gasteiger charge is -2.42. The second-order valence-corrected chi connectivity index (χ2v) is 186. The van der Waals surface area contributed by atoms with Crippen molar-refractivity contribution in [2.45, 2.75) is 84.5 Å². The number of aliphatic hydroxyl groups is 1. The van der Waals surface area contributed by atoms with Crippen LogP contribution in [0.5, 0.6) is 0 Å². The first-order valence-electron chi connectivity index (χ1n) is 23.8. The van der Waals surface area contributed by atoms with E-state index >= 15 is 0 Å². The Morgan fingerprint density at radius 3 is 0.955 bits per heavy atom. The van der Waals surface area contributed by atoms with Crippen LogP contribution >= 0.6 is 0 Å². The van der Waals surface area contributed by atoms with E-state index in [0.717, 1.165) is 7.11 Å². The average Bonchev–Trinajstić information content (AvgIpc) is 3.50. The average molecular weight is 1830 g/mol. The summed E-state index contributed by atoms with van der Waals surface area (Å²) in [5.74, 6) is 0. The molecule has 0 bridgehead atoms. The van der Waals surface area contributed by atoms with Gasteiger partial charge >= 0.3 is 227 Å². The molecule has 474 valence electrons. The van der Waals surface area contributed by atoms with Crippen LogP contribution < -0.4 is 0 Å². The predicted octanol–water partition coefficient (Wildman–Crippen LogP) is -11.9. The first kappa shape index (κ1) is 95.7. The largest absolute Gasteiger partial charge is 0.549 e. The normalized spacial score (nSPS) is 11.1. The molecule has 0 aromatic rings. The van der Waals surface area contributed by atoms with Gasteiger partial charge in [-0.1, -0.05) is 24.5 Å². The summed E-state index contributed by atoms with van der Waals surface area (Å²) >= 11 is 0. The minimum Gasteiger partial charge on any atom is -0.460 e. The van der Waals surface area contributed by atoms with Crippen molar-refractivity contribution in [1.29, 1.82) is 0 Å². The summed E-state index contributed by atoms with van der Waals surface area (Å²) in [6, 6.07) is 0. The van der Waals surface area contributed by atoms with E-state index in [1.807, 2.05) is 5.70 Å². The number of rotatable bonds is 40. The Balaban J connectivity index is -0.00000159. The van der Waals surface area contributed by atoms with Gasteiger partial charge in [0.1, 0.15) is 8.07 Å². The quantitative estimate of drug-likeness (QED) is 0.0557. The van der Waals surface area contributed by atoms with Gasteiger partial charge in [0.2, 0.25) is 34.7 Å². The van der Waals surface area contributed by atoms with Crippen LogP contribution in [-0.4, -0.2) is 305 Å². The van der Waals surface area contributed by atoms with Gasteiger partial charge < -0.3 is 142 Å². The molecule has 1 N–H and O–H groups in total. The van der Waals surface area contributed by atoms with Crippen LogP contribution in [-0.2, 0) is 146 Å². The Labute approximate surface area is 549 Å². The van der Waals surface area contributed by atoms with Gasteiger partial charge in [0.15, 0.2) is 18.1 Å². The molecule has 0 fully saturated rings. The zero-order valence-corrected chi connectivity index (χ0v) is 86.2. The summed E-state index contributed by atoms with van der Waals surface area (Å²) in [7, 11) is -127. The second-order valence-electron chi connectivity index (χ2n) is 19.2. The summed E-state index contributed by atoms with van der Waals surface area (Å²) in [5.41, 5.74) is 4.09. The molecule has 0 aliphatic heterocycles. The third kappa shape index (κ3) is 28.8. The van der Waals surface area contributed by atoms with E-state index in [2.05, 4.69) is 58.9 Å². The summed E-state index contributed by atoms with van der Waals surface area (Å²) < 4.78 is 384. The molecule has 0 saturated heterocycles. The molecule has 0 aliphatic rings. The Hall–Kier alpha value is 1.29. The highest BCUT2D eigenvalue weighted by Gasteiger charge is 2.64. The third-order valence-corrected chi connectivity index (χ3v) is 273. The highest BCUT2D eigenvalue weighted by Crippen LogP contribution is 2.29. The molecular weight excluding hydrogens is 1770 g/mol. The molecule has 0 atom stereocenters. The van der Waals surface area contributed by atoms with Crippen LogP contribution in [0.4, 0.5) is 0 Å². The molecule has 0 saturated carbocycles. The molecule has 0 aromatic heterocycles. The van der Waals surface area contributed by atoms with E-state index in [0.29, 0.717) is 0 Å². The molecule has 0 radical (unpaired) electrons. The maximum Gasteiger partial charge on any atom is 0.549 e. The molecule has 0 rings (SSSR count). The number of hydrogen-bond acceptors (Lipinski definition) is 34. The maximum atomic E-state index is 13.4. The molecule has 70 heteroatoms. The van der Waals surface area contributed by atoms with Gasteiger partial charge in [-0.2, -0.15) is 0 Å². The molecule has 34 nitrogen and oxygen atoms in total. The molecule has 0 heterocycles. The lowest BCUT2D eigenvalue weighted by molar-refractivity contribution is 0.181. The number of aliphatic hydroxyl groups excluding tert-OH is 1. The van der Waals surface area contributed by atoms with E-state index in [-0.39, 0.29) is 5.22 Å². The number of hydrogen-bond donors (Lipinski definition) is 1. The highest BCUT2D eigenvalue weighted by atomic mass is 30.2. The van der Waals surface area contributed by atoms with Crippen molar-refractivity contribution in [3.63, 3.8) is 0 Å². The summed E-state index contributed by atoms with van der Waals surface area (Å²) in [6.07, 6.45) is 0. The lowest BCUT2D eigenvalue weighted by atomic mass is 10.5. The molecule has 88 heavy (non-hydrogen) atoms. The molecule has 0 spiro atoms. The standard InChI is InChI=1S/C11H24OSi2.C6H26O30Si33.CH4O.O2Si/c1-9-13(5,6)11(3,4)12-14(7,8)10-2;1-41(2)34-39-44(10)66(32)69(45(11)37-7,46(12)38-8)35-40-43(9)47(13)48(14)49(15)50(16)51(17)52(18)53(19)54(20)55(21)56(22)57(23)58(24)59(25)60(26)61(27)62(28)63(29)64(30)65(31)67(33)68(5,6)36-42(3)4;1-2;1-3-2/h9-10H,1-2H2,3-8H3;37-38,41-42H,39-40H2,1-6H3;2H,1H3;. The summed E-state index contributed by atoms with van der Waals surface area (Å²) in [5, 5.41) is 6.94. The van der Waals surface area contributed by atoms with Crippen molar-refractivity contribution in [2.75, 3.05) is 7.11 Å². The monoisotopic (exact) mass is 1820 g/mol. The molecule has 0 aliphatic carbocycles. The van der Waals surface area contributed by atoms with Crippen molar-refractivity contribution >= 4 is 288 Å². The highest BCUT2D eigenvalue weighted by molar-refractivity contribution is 7.90. The first-order valence-corrected chi connectivity index (χ1v) is 112. The van der Waals surface area contributed by atoms with Gasteiger partial charge in [-0.25, -0.2) is 0 Å². The van der Waals surface area contributed by atoms with Gasteiger partial charge in [-0.05, 0) is 66.2 Å². The van der Waals surface area contributed by atoms with E-state index < -0.39 is 288 Å². The van der Waals surface area contributed by atoms with Crippen LogP contribution in [0.1, 0.15) is 13.8 Å². The minimum atomic E-state index is -5.02. The van der Waals surface area contributed by atoms with Gasteiger partial charge in [0.25, 0.3) is 0 Å². The van der Waals surface area contributed by atoms with Gasteiger partial charge in [0, 0.05) is 12.3 Å². The van der Waals surface area contributed by atoms with E-state index in [9.17, 15) is 120 Å². The fourth-order valence-corrected chi connectivity index (χ4v) is 392. The SMILES string of the molecule is C=C[Si](C)(C)OC(C)(C)[Si](C)(C)C=C.CO.C[SiH](C)O[SiH2][Si](=O)[Si](=O)[Si](O[SiH2][Si](=O)[Si](=O)[Si](=O)[Si](=O)[Si](=O)[Si](=O)[Si](=O)[Si](=O)[Si](=O)[Si](=O)[Si](=O)[Si](=O)[Si](=O)[Si](=O)[Si](=O)[Si](=O)[Si](=O)[Si](=O)[Si](=O)[Si](=O)[Si](=O)[Si](C)(C)O[SiH](C)C)([Si](=O)[SiH]=O)[Si](=O)[SiH]=O.O=[Si]=O. The minimum absolute atomic E-state index is 0.0569. The fourth-order valence-electron chi connectivity index (χ4n) is 5.44. The van der Waals surface area contributed by atoms with Gasteiger partial charge in [-0.3, -0.25) is 8.92 Å². The van der Waals surface area contributed by atoms with E-state index in [4.69, 9.17) is 30.8 Å². The van der Waals surface area contributed by atoms with E-state index in [1.54, 1.807) is 26.2 Å². The molecule has 0 aromatic carbocycles. The van der Waals surface area contributed by atoms with Crippen molar-refractivity contribution < 1.29 is 151 Å². The van der Waals surface area contributed by atoms with Crippen LogP contribution in [0.15, 0.2) is 24.6 Å². The van der Waals surface area contributed by atoms with Crippen molar-refractivity contribution in [2.24, 2.45) is 0 Å². The maximum absolute atomic E-state index is 13.4. The second kappa shape index (κ2) is 44.3. The first-order chi connectivity index (χ1) is 40.0. The summed E-state index contributed by atoms with van der Waals surface area (Å²) in [4.78, 5) is 0. The Morgan fingerprint density at radius 1 is 0.443 bits per heavy atom. The smallest absolute Gasteiger partial charge is 0.460 e. The van der Waals surface area contributed by atoms with Crippen LogP contribution in [0.3, 0.4) is 0 Å². The summed E-state index contributed by atoms with van der Waals surface area (Å²) in [6.45, 7) is 25.4. The van der Waals surface area contributed by atoms with Crippen LogP contribution in [0, 0.1) is 0 Å². The molecular formula is C18H54O34Si36. The van der Waals surface area contributed by atoms with Crippen molar-refractivity contribution in [1.82, 2.24) is 0 Å². The third-order valence-electron chi connectivity index (χ3n) is 10.8. The van der Waals surface area contributed by atoms with E-state index in [1.165, 1.54) is 13.1 Å². The van der Waals surface area contributed by atoms with Crippen LogP contribution in [0.2, 0.25) is 65.5 Å². The Bertz CT molecular complexity index is 3210. The predicted molar refractivity (Wildman–Crippen MR) is 344 cm³/mol. The van der Waals surface area contributed by atoms with Crippen molar-refractivity contribution in [3.05, 3.63) is 24.6 Å². The van der Waals surface area contributed by atoms with Crippen LogP contribution in [0.25, 0.3) is 0 Å². The lowest BCUT2D eigenvalue weighted by Crippen LogP contribution is -2.72. The van der Waals surface area contributed by atoms with Crippen molar-refractivity contribution in [3.8, 4) is 0 Å². The Kier molecular flexibility index (Phi) is 48.1. The fraction of sp³-hybridized carbons (Fsp3) is 0.778. The topological polar surface area (TPSA) is 552 Å². The zero-order valence-electron chi connectivity index (χ0n) is 48.7. The van der Waals surface area contributed by atoms with Gasteiger partial charge in [0.05, 0.1) is 0 Å². The van der Waals surface area contributed by atoms with Gasteiger partial charge in [-0.15, -0.1) is 13.2 Å². The molecule has 0 unspecified atom stereocenters. The zero-order chi connectivity index (χ0) is 70.9. The Morgan fingerprint density at radius 2 is 0.716 bits per heavy atom. The molecule has 0 amide bonds.